The van der Waals surface area contributed by atoms with Gasteiger partial charge < -0.3 is 15.0 Å². The van der Waals surface area contributed by atoms with Gasteiger partial charge in [0.1, 0.15) is 5.60 Å². The van der Waals surface area contributed by atoms with E-state index in [4.69, 9.17) is 4.74 Å². The molecule has 16 heavy (non-hydrogen) atoms. The lowest BCUT2D eigenvalue weighted by Gasteiger charge is -2.23. The second-order valence-electron chi connectivity index (χ2n) is 5.58. The van der Waals surface area contributed by atoms with Crippen LogP contribution in [-0.2, 0) is 4.74 Å². The molecule has 94 valence electrons. The van der Waals surface area contributed by atoms with E-state index in [9.17, 15) is 4.79 Å². The fourth-order valence-corrected chi connectivity index (χ4v) is 1.86. The molecule has 0 aromatic carbocycles. The average Bonchev–Trinajstić information content (AvgIpc) is 2.27. The summed E-state index contributed by atoms with van der Waals surface area (Å²) >= 11 is 0. The Balaban J connectivity index is 2.33. The van der Waals surface area contributed by atoms with Crippen molar-refractivity contribution in [1.29, 1.82) is 0 Å². The van der Waals surface area contributed by atoms with Gasteiger partial charge >= 0.3 is 6.09 Å². The monoisotopic (exact) mass is 228 g/mol. The van der Waals surface area contributed by atoms with Crippen molar-refractivity contribution in [2.75, 3.05) is 20.1 Å². The molecule has 1 amide bonds. The smallest absolute Gasteiger partial charge is 0.407 e. The molecule has 0 radical (unpaired) electrons. The molecule has 4 nitrogen and oxygen atoms in total. The molecule has 0 spiro atoms. The summed E-state index contributed by atoms with van der Waals surface area (Å²) in [5.41, 5.74) is -0.411. The van der Waals surface area contributed by atoms with E-state index in [2.05, 4.69) is 17.3 Å². The molecule has 0 bridgehead atoms. The van der Waals surface area contributed by atoms with Crippen molar-refractivity contribution in [2.45, 2.75) is 51.7 Å². The van der Waals surface area contributed by atoms with Crippen LogP contribution in [0.15, 0.2) is 0 Å². The summed E-state index contributed by atoms with van der Waals surface area (Å²) in [6, 6.07) is 0.264. The molecule has 0 saturated carbocycles. The van der Waals surface area contributed by atoms with Gasteiger partial charge in [-0.3, -0.25) is 0 Å². The normalized spacial score (nSPS) is 23.6. The Bertz CT molecular complexity index is 236. The number of hydrogen-bond donors (Lipinski definition) is 1. The second kappa shape index (κ2) is 5.53. The van der Waals surface area contributed by atoms with Crippen LogP contribution in [0.4, 0.5) is 4.79 Å². The largest absolute Gasteiger partial charge is 0.444 e. The Kier molecular flexibility index (Phi) is 4.59. The topological polar surface area (TPSA) is 41.6 Å². The number of nitrogens with one attached hydrogen (secondary N) is 1. The molecule has 0 aromatic rings. The summed E-state index contributed by atoms with van der Waals surface area (Å²) in [4.78, 5) is 13.9. The lowest BCUT2D eigenvalue weighted by Crippen LogP contribution is -2.39. The van der Waals surface area contributed by atoms with E-state index >= 15 is 0 Å². The van der Waals surface area contributed by atoms with E-state index < -0.39 is 5.60 Å². The van der Waals surface area contributed by atoms with Gasteiger partial charge in [-0.2, -0.15) is 0 Å². The zero-order valence-electron chi connectivity index (χ0n) is 10.9. The standard InChI is InChI=1S/C12H24N2O2/c1-12(2,3)16-11(15)13-10-6-5-8-14(4)9-7-10/h10H,5-9H2,1-4H3,(H,13,15). The summed E-state index contributed by atoms with van der Waals surface area (Å²) in [5.74, 6) is 0. The first kappa shape index (κ1) is 13.3. The van der Waals surface area contributed by atoms with E-state index in [1.54, 1.807) is 0 Å². The van der Waals surface area contributed by atoms with Gasteiger partial charge in [-0.1, -0.05) is 0 Å². The van der Waals surface area contributed by atoms with Gasteiger partial charge in [-0.25, -0.2) is 4.79 Å². The lowest BCUT2D eigenvalue weighted by molar-refractivity contribution is 0.0500. The van der Waals surface area contributed by atoms with E-state index in [1.165, 1.54) is 0 Å². The van der Waals surface area contributed by atoms with Crippen molar-refractivity contribution in [1.82, 2.24) is 10.2 Å². The summed E-state index contributed by atoms with van der Waals surface area (Å²) < 4.78 is 5.24. The van der Waals surface area contributed by atoms with Crippen LogP contribution in [0.3, 0.4) is 0 Å². The number of hydrogen-bond acceptors (Lipinski definition) is 3. The van der Waals surface area contributed by atoms with Gasteiger partial charge in [-0.05, 0) is 60.2 Å². The number of nitrogens with zero attached hydrogens (tertiary/aromatic N) is 1. The molecule has 1 rings (SSSR count). The van der Waals surface area contributed by atoms with Gasteiger partial charge in [0.15, 0.2) is 0 Å². The Morgan fingerprint density at radius 2 is 2.00 bits per heavy atom. The Morgan fingerprint density at radius 1 is 1.31 bits per heavy atom. The molecule has 1 aliphatic rings. The maximum Gasteiger partial charge on any atom is 0.407 e. The molecule has 1 heterocycles. The lowest BCUT2D eigenvalue weighted by atomic mass is 10.1. The van der Waals surface area contributed by atoms with Crippen LogP contribution in [0, 0.1) is 0 Å². The van der Waals surface area contributed by atoms with Crippen molar-refractivity contribution in [3.63, 3.8) is 0 Å². The quantitative estimate of drug-likeness (QED) is 0.746. The zero-order chi connectivity index (χ0) is 12.2. The first-order chi connectivity index (χ1) is 7.37. The molecule has 1 N–H and O–H groups in total. The first-order valence-electron chi connectivity index (χ1n) is 6.05. The minimum atomic E-state index is -0.411. The van der Waals surface area contributed by atoms with Gasteiger partial charge in [0, 0.05) is 6.04 Å². The van der Waals surface area contributed by atoms with Crippen molar-refractivity contribution >= 4 is 6.09 Å². The van der Waals surface area contributed by atoms with Crippen LogP contribution in [0.1, 0.15) is 40.0 Å². The van der Waals surface area contributed by atoms with E-state index in [0.717, 1.165) is 32.4 Å². The Hall–Kier alpha value is -0.770. The minimum Gasteiger partial charge on any atom is -0.444 e. The molecule has 0 aliphatic carbocycles. The highest BCUT2D eigenvalue weighted by atomic mass is 16.6. The molecule has 0 aromatic heterocycles. The third-order valence-corrected chi connectivity index (χ3v) is 2.67. The van der Waals surface area contributed by atoms with Crippen LogP contribution in [-0.4, -0.2) is 42.8 Å². The summed E-state index contributed by atoms with van der Waals surface area (Å²) in [6.07, 6.45) is 2.90. The summed E-state index contributed by atoms with van der Waals surface area (Å²) in [5, 5.41) is 2.95. The van der Waals surface area contributed by atoms with Crippen LogP contribution >= 0.6 is 0 Å². The Morgan fingerprint density at radius 3 is 2.62 bits per heavy atom. The molecule has 1 saturated heterocycles. The van der Waals surface area contributed by atoms with E-state index in [-0.39, 0.29) is 12.1 Å². The summed E-state index contributed by atoms with van der Waals surface area (Å²) in [7, 11) is 2.12. The van der Waals surface area contributed by atoms with Crippen LogP contribution in [0.5, 0.6) is 0 Å². The number of carbonyl (C=O) groups is 1. The molecule has 4 heteroatoms. The Labute approximate surface area is 98.3 Å². The highest BCUT2D eigenvalue weighted by Gasteiger charge is 2.20. The maximum absolute atomic E-state index is 11.6. The minimum absolute atomic E-state index is 0.264. The van der Waals surface area contributed by atoms with Crippen molar-refractivity contribution in [2.24, 2.45) is 0 Å². The second-order valence-corrected chi connectivity index (χ2v) is 5.58. The third kappa shape index (κ3) is 5.35. The third-order valence-electron chi connectivity index (χ3n) is 2.67. The van der Waals surface area contributed by atoms with E-state index in [1.807, 2.05) is 20.8 Å². The molecule has 1 aliphatic heterocycles. The number of amides is 1. The summed E-state index contributed by atoms with van der Waals surface area (Å²) in [6.45, 7) is 7.81. The maximum atomic E-state index is 11.6. The molecule has 1 atom stereocenters. The van der Waals surface area contributed by atoms with Crippen molar-refractivity contribution in [3.05, 3.63) is 0 Å². The fourth-order valence-electron chi connectivity index (χ4n) is 1.86. The van der Waals surface area contributed by atoms with Crippen LogP contribution in [0.25, 0.3) is 0 Å². The molecular formula is C12H24N2O2. The van der Waals surface area contributed by atoms with Crippen LogP contribution in [0.2, 0.25) is 0 Å². The molecule has 1 fully saturated rings. The number of carbonyl (C=O) groups excluding carboxylic acids is 1. The van der Waals surface area contributed by atoms with Crippen molar-refractivity contribution in [3.8, 4) is 0 Å². The first-order valence-corrected chi connectivity index (χ1v) is 6.05. The average molecular weight is 228 g/mol. The van der Waals surface area contributed by atoms with Gasteiger partial charge in [0.2, 0.25) is 0 Å². The number of likely N-dealkylation sites (tertiary alicyclic amines) is 1. The zero-order valence-corrected chi connectivity index (χ0v) is 10.9. The predicted octanol–water partition coefficient (Wildman–Crippen LogP) is 2.00. The number of ether oxygens (including phenoxy) is 1. The number of alkyl carbamates (subject to hydrolysis) is 1. The van der Waals surface area contributed by atoms with Gasteiger partial charge in [-0.15, -0.1) is 0 Å². The molecular weight excluding hydrogens is 204 g/mol. The highest BCUT2D eigenvalue weighted by Crippen LogP contribution is 2.11. The van der Waals surface area contributed by atoms with Gasteiger partial charge in [0.25, 0.3) is 0 Å². The van der Waals surface area contributed by atoms with E-state index in [0.29, 0.717) is 0 Å². The van der Waals surface area contributed by atoms with Gasteiger partial charge in [0.05, 0.1) is 0 Å². The predicted molar refractivity (Wildman–Crippen MR) is 64.5 cm³/mol. The fraction of sp³-hybridized carbons (Fsp3) is 0.917. The number of rotatable bonds is 1. The van der Waals surface area contributed by atoms with Crippen LogP contribution < -0.4 is 5.32 Å². The highest BCUT2D eigenvalue weighted by molar-refractivity contribution is 5.68. The van der Waals surface area contributed by atoms with Crippen molar-refractivity contribution < 1.29 is 9.53 Å². The molecule has 1 unspecified atom stereocenters. The SMILES string of the molecule is CN1CCCC(NC(=O)OC(C)(C)C)CC1.